The number of carbonyl (C=O) groups is 1. The van der Waals surface area contributed by atoms with Crippen LogP contribution in [0.25, 0.3) is 0 Å². The number of rotatable bonds is 5. The third-order valence-electron chi connectivity index (χ3n) is 4.49. The van der Waals surface area contributed by atoms with Crippen LogP contribution in [-0.2, 0) is 11.3 Å². The Bertz CT molecular complexity index is 469. The van der Waals surface area contributed by atoms with Crippen molar-refractivity contribution in [3.63, 3.8) is 0 Å². The van der Waals surface area contributed by atoms with Gasteiger partial charge in [-0.1, -0.05) is 30.3 Å². The van der Waals surface area contributed by atoms with Crippen LogP contribution in [0, 0.1) is 5.92 Å². The molecule has 2 aliphatic rings. The van der Waals surface area contributed by atoms with Crippen LogP contribution in [0.15, 0.2) is 30.3 Å². The lowest BCUT2D eigenvalue weighted by atomic mass is 10.1. The summed E-state index contributed by atoms with van der Waals surface area (Å²) >= 11 is 1.88. The van der Waals surface area contributed by atoms with Gasteiger partial charge in [-0.2, -0.15) is 11.8 Å². The first-order valence-electron chi connectivity index (χ1n) is 7.91. The topological polar surface area (TPSA) is 32.3 Å². The van der Waals surface area contributed by atoms with E-state index in [0.29, 0.717) is 12.0 Å². The van der Waals surface area contributed by atoms with Crippen molar-refractivity contribution < 1.29 is 4.79 Å². The molecule has 1 aromatic carbocycles. The SMILES string of the molecule is CC(C1CC1)N(Cc1ccccc1)C(=O)C1CSCCN1. The molecule has 21 heavy (non-hydrogen) atoms. The van der Waals surface area contributed by atoms with E-state index in [1.807, 2.05) is 17.8 Å². The first kappa shape index (κ1) is 14.9. The summed E-state index contributed by atoms with van der Waals surface area (Å²) in [5.74, 6) is 3.00. The maximum absolute atomic E-state index is 12.9. The van der Waals surface area contributed by atoms with Gasteiger partial charge in [0.15, 0.2) is 0 Å². The van der Waals surface area contributed by atoms with Crippen LogP contribution in [0.1, 0.15) is 25.3 Å². The molecule has 1 saturated carbocycles. The van der Waals surface area contributed by atoms with Crippen molar-refractivity contribution in [3.05, 3.63) is 35.9 Å². The number of benzene rings is 1. The molecule has 1 aromatic rings. The lowest BCUT2D eigenvalue weighted by Crippen LogP contribution is -2.53. The van der Waals surface area contributed by atoms with Crippen LogP contribution in [0.5, 0.6) is 0 Å². The molecule has 3 rings (SSSR count). The molecule has 1 heterocycles. The summed E-state index contributed by atoms with van der Waals surface area (Å²) in [5, 5.41) is 3.39. The van der Waals surface area contributed by atoms with Crippen LogP contribution in [0.3, 0.4) is 0 Å². The zero-order chi connectivity index (χ0) is 14.7. The fourth-order valence-electron chi connectivity index (χ4n) is 2.96. The van der Waals surface area contributed by atoms with Gasteiger partial charge in [-0.25, -0.2) is 0 Å². The molecule has 2 atom stereocenters. The third-order valence-corrected chi connectivity index (χ3v) is 5.56. The second-order valence-corrected chi connectivity index (χ2v) is 7.26. The monoisotopic (exact) mass is 304 g/mol. The molecule has 0 bridgehead atoms. The van der Waals surface area contributed by atoms with Crippen molar-refractivity contribution in [3.8, 4) is 0 Å². The largest absolute Gasteiger partial charge is 0.334 e. The Morgan fingerprint density at radius 1 is 1.38 bits per heavy atom. The van der Waals surface area contributed by atoms with Crippen LogP contribution in [0.2, 0.25) is 0 Å². The van der Waals surface area contributed by atoms with E-state index in [0.717, 1.165) is 24.6 Å². The van der Waals surface area contributed by atoms with E-state index in [-0.39, 0.29) is 11.9 Å². The lowest BCUT2D eigenvalue weighted by molar-refractivity contribution is -0.136. The van der Waals surface area contributed by atoms with Crippen LogP contribution in [0.4, 0.5) is 0 Å². The van der Waals surface area contributed by atoms with Crippen molar-refractivity contribution in [2.75, 3.05) is 18.1 Å². The molecule has 2 unspecified atom stereocenters. The van der Waals surface area contributed by atoms with E-state index in [9.17, 15) is 4.79 Å². The Hall–Kier alpha value is -1.00. The summed E-state index contributed by atoms with van der Waals surface area (Å²) in [5.41, 5.74) is 1.22. The first-order chi connectivity index (χ1) is 10.3. The number of amides is 1. The summed E-state index contributed by atoms with van der Waals surface area (Å²) in [6.07, 6.45) is 2.54. The Labute approximate surface area is 131 Å². The fourth-order valence-corrected chi connectivity index (χ4v) is 3.89. The van der Waals surface area contributed by atoms with Gasteiger partial charge in [0.05, 0.1) is 6.04 Å². The number of thioether (sulfide) groups is 1. The number of hydrogen-bond donors (Lipinski definition) is 1. The van der Waals surface area contributed by atoms with Crippen molar-refractivity contribution in [1.29, 1.82) is 0 Å². The predicted octanol–water partition coefficient (Wildman–Crippen LogP) is 2.52. The highest BCUT2D eigenvalue weighted by Crippen LogP contribution is 2.36. The Morgan fingerprint density at radius 3 is 2.76 bits per heavy atom. The summed E-state index contributed by atoms with van der Waals surface area (Å²) in [6, 6.07) is 10.7. The highest BCUT2D eigenvalue weighted by atomic mass is 32.2. The maximum Gasteiger partial charge on any atom is 0.241 e. The standard InChI is InChI=1S/C17H24N2OS/c1-13(15-7-8-15)19(11-14-5-3-2-4-6-14)17(20)16-12-21-10-9-18-16/h2-6,13,15-16,18H,7-12H2,1H3. The zero-order valence-corrected chi connectivity index (χ0v) is 13.4. The van der Waals surface area contributed by atoms with Gasteiger partial charge in [-0.15, -0.1) is 0 Å². The van der Waals surface area contributed by atoms with Gasteiger partial charge in [0, 0.05) is 30.6 Å². The second-order valence-electron chi connectivity index (χ2n) is 6.11. The predicted molar refractivity (Wildman–Crippen MR) is 88.3 cm³/mol. The van der Waals surface area contributed by atoms with Crippen LogP contribution < -0.4 is 5.32 Å². The zero-order valence-electron chi connectivity index (χ0n) is 12.6. The average molecular weight is 304 g/mol. The summed E-state index contributed by atoms with van der Waals surface area (Å²) < 4.78 is 0. The minimum Gasteiger partial charge on any atom is -0.334 e. The molecule has 1 aliphatic carbocycles. The second kappa shape index (κ2) is 6.84. The fraction of sp³-hybridized carbons (Fsp3) is 0.588. The Morgan fingerprint density at radius 2 is 2.14 bits per heavy atom. The molecule has 0 spiro atoms. The first-order valence-corrected chi connectivity index (χ1v) is 9.06. The molecule has 2 fully saturated rings. The molecule has 1 N–H and O–H groups in total. The minimum absolute atomic E-state index is 0.00587. The average Bonchev–Trinajstić information content (AvgIpc) is 3.38. The van der Waals surface area contributed by atoms with Gasteiger partial charge in [0.2, 0.25) is 5.91 Å². The Kier molecular flexibility index (Phi) is 4.86. The molecule has 0 aromatic heterocycles. The van der Waals surface area contributed by atoms with Crippen molar-refractivity contribution in [2.24, 2.45) is 5.92 Å². The van der Waals surface area contributed by atoms with Crippen LogP contribution in [-0.4, -0.2) is 40.9 Å². The van der Waals surface area contributed by atoms with E-state index in [2.05, 4.69) is 41.4 Å². The third kappa shape index (κ3) is 3.80. The number of hydrogen-bond acceptors (Lipinski definition) is 3. The quantitative estimate of drug-likeness (QED) is 0.907. The van der Waals surface area contributed by atoms with Gasteiger partial charge in [-0.3, -0.25) is 4.79 Å². The van der Waals surface area contributed by atoms with Crippen molar-refractivity contribution >= 4 is 17.7 Å². The van der Waals surface area contributed by atoms with Gasteiger partial charge in [-0.05, 0) is 31.2 Å². The maximum atomic E-state index is 12.9. The summed E-state index contributed by atoms with van der Waals surface area (Å²) in [4.78, 5) is 15.0. The number of carbonyl (C=O) groups excluding carboxylic acids is 1. The molecule has 1 aliphatic heterocycles. The molecule has 3 nitrogen and oxygen atoms in total. The van der Waals surface area contributed by atoms with Crippen molar-refractivity contribution in [2.45, 2.75) is 38.4 Å². The van der Waals surface area contributed by atoms with E-state index in [1.54, 1.807) is 0 Å². The molecule has 1 saturated heterocycles. The van der Waals surface area contributed by atoms with E-state index < -0.39 is 0 Å². The number of nitrogens with one attached hydrogen (secondary N) is 1. The highest BCUT2D eigenvalue weighted by molar-refractivity contribution is 7.99. The van der Waals surface area contributed by atoms with Crippen LogP contribution >= 0.6 is 11.8 Å². The molecular weight excluding hydrogens is 280 g/mol. The summed E-state index contributed by atoms with van der Waals surface area (Å²) in [6.45, 7) is 3.90. The van der Waals surface area contributed by atoms with Gasteiger partial charge >= 0.3 is 0 Å². The Balaban J connectivity index is 1.73. The molecular formula is C17H24N2OS. The lowest BCUT2D eigenvalue weighted by Gasteiger charge is -2.34. The van der Waals surface area contributed by atoms with Crippen molar-refractivity contribution in [1.82, 2.24) is 10.2 Å². The molecule has 4 heteroatoms. The molecule has 0 radical (unpaired) electrons. The van der Waals surface area contributed by atoms with E-state index in [4.69, 9.17) is 0 Å². The summed E-state index contributed by atoms with van der Waals surface area (Å²) in [7, 11) is 0. The normalized spacial score (nSPS) is 23.6. The highest BCUT2D eigenvalue weighted by Gasteiger charge is 2.36. The minimum atomic E-state index is -0.00587. The van der Waals surface area contributed by atoms with Gasteiger partial charge in [0.1, 0.15) is 0 Å². The smallest absolute Gasteiger partial charge is 0.241 e. The number of nitrogens with zero attached hydrogens (tertiary/aromatic N) is 1. The molecule has 1 amide bonds. The van der Waals surface area contributed by atoms with Gasteiger partial charge < -0.3 is 10.2 Å². The molecule has 114 valence electrons. The van der Waals surface area contributed by atoms with E-state index in [1.165, 1.54) is 18.4 Å². The van der Waals surface area contributed by atoms with Gasteiger partial charge in [0.25, 0.3) is 0 Å². The van der Waals surface area contributed by atoms with E-state index >= 15 is 0 Å².